The number of aryl methyl sites for hydroxylation is 2. The summed E-state index contributed by atoms with van der Waals surface area (Å²) in [6.07, 6.45) is 0.330. The molecule has 1 heterocycles. The van der Waals surface area contributed by atoms with Crippen LogP contribution in [0.15, 0.2) is 28.8 Å². The summed E-state index contributed by atoms with van der Waals surface area (Å²) in [6.45, 7) is 6.09. The lowest BCUT2D eigenvalue weighted by atomic mass is 10.1. The van der Waals surface area contributed by atoms with Crippen molar-refractivity contribution in [2.24, 2.45) is 0 Å². The molecule has 0 amide bonds. The molecule has 1 N–H and O–H groups in total. The van der Waals surface area contributed by atoms with Crippen LogP contribution in [-0.2, 0) is 13.0 Å². The molecule has 19 heavy (non-hydrogen) atoms. The van der Waals surface area contributed by atoms with Crippen molar-refractivity contribution in [3.8, 4) is 5.75 Å². The van der Waals surface area contributed by atoms with E-state index >= 15 is 0 Å². The van der Waals surface area contributed by atoms with E-state index in [0.717, 1.165) is 34.8 Å². The first-order valence-corrected chi connectivity index (χ1v) is 6.46. The molecule has 0 fully saturated rings. The molecule has 1 aromatic carbocycles. The van der Waals surface area contributed by atoms with Gasteiger partial charge in [-0.05, 0) is 38.0 Å². The van der Waals surface area contributed by atoms with E-state index in [-0.39, 0.29) is 0 Å². The van der Waals surface area contributed by atoms with Gasteiger partial charge in [-0.3, -0.25) is 0 Å². The van der Waals surface area contributed by atoms with Crippen LogP contribution in [0.2, 0.25) is 0 Å². The fourth-order valence-corrected chi connectivity index (χ4v) is 1.92. The summed E-state index contributed by atoms with van der Waals surface area (Å²) >= 11 is 0. The summed E-state index contributed by atoms with van der Waals surface area (Å²) in [4.78, 5) is 0. The van der Waals surface area contributed by atoms with Gasteiger partial charge in [-0.1, -0.05) is 24.2 Å². The van der Waals surface area contributed by atoms with Crippen molar-refractivity contribution in [3.63, 3.8) is 0 Å². The van der Waals surface area contributed by atoms with Gasteiger partial charge in [0.15, 0.2) is 0 Å². The Hall–Kier alpha value is -1.81. The van der Waals surface area contributed by atoms with Gasteiger partial charge in [0.05, 0.1) is 17.4 Å². The van der Waals surface area contributed by atoms with Crippen molar-refractivity contribution in [1.82, 2.24) is 5.16 Å². The van der Waals surface area contributed by atoms with Gasteiger partial charge < -0.3 is 14.4 Å². The Bertz CT molecular complexity index is 546. The number of aliphatic hydroxyl groups is 1. The number of ether oxygens (including phenoxy) is 1. The molecule has 0 aliphatic heterocycles. The highest BCUT2D eigenvalue weighted by atomic mass is 16.5. The highest BCUT2D eigenvalue weighted by Gasteiger charge is 2.12. The Morgan fingerprint density at radius 1 is 1.42 bits per heavy atom. The summed E-state index contributed by atoms with van der Waals surface area (Å²) in [5.74, 6) is 1.53. The SMILES string of the molecule is CCc1noc(C)c1COc1cccc(C(C)O)c1. The van der Waals surface area contributed by atoms with Crippen LogP contribution in [-0.4, -0.2) is 10.3 Å². The van der Waals surface area contributed by atoms with E-state index in [1.807, 2.05) is 38.1 Å². The first-order chi connectivity index (χ1) is 9.11. The topological polar surface area (TPSA) is 55.5 Å². The molecule has 0 saturated heterocycles. The molecule has 0 aliphatic rings. The van der Waals surface area contributed by atoms with Gasteiger partial charge in [0.25, 0.3) is 0 Å². The maximum Gasteiger partial charge on any atom is 0.140 e. The second-order valence-corrected chi connectivity index (χ2v) is 4.55. The molecule has 4 heteroatoms. The normalized spacial score (nSPS) is 12.4. The van der Waals surface area contributed by atoms with Gasteiger partial charge in [-0.15, -0.1) is 0 Å². The van der Waals surface area contributed by atoms with Crippen molar-refractivity contribution in [3.05, 3.63) is 46.8 Å². The minimum Gasteiger partial charge on any atom is -0.489 e. The lowest BCUT2D eigenvalue weighted by molar-refractivity contribution is 0.198. The van der Waals surface area contributed by atoms with Crippen LogP contribution in [0.5, 0.6) is 5.75 Å². The molecule has 1 aromatic heterocycles. The Morgan fingerprint density at radius 3 is 2.89 bits per heavy atom. The number of aromatic nitrogens is 1. The van der Waals surface area contributed by atoms with Gasteiger partial charge >= 0.3 is 0 Å². The molecule has 0 spiro atoms. The maximum absolute atomic E-state index is 9.55. The fourth-order valence-electron chi connectivity index (χ4n) is 1.92. The molecule has 2 aromatic rings. The van der Waals surface area contributed by atoms with Gasteiger partial charge in [-0.2, -0.15) is 0 Å². The third-order valence-corrected chi connectivity index (χ3v) is 3.12. The number of nitrogens with zero attached hydrogens (tertiary/aromatic N) is 1. The number of aliphatic hydroxyl groups excluding tert-OH is 1. The van der Waals surface area contributed by atoms with Crippen molar-refractivity contribution in [2.75, 3.05) is 0 Å². The second-order valence-electron chi connectivity index (χ2n) is 4.55. The number of rotatable bonds is 5. The maximum atomic E-state index is 9.55. The average Bonchev–Trinajstić information content (AvgIpc) is 2.77. The number of benzene rings is 1. The van der Waals surface area contributed by atoms with Crippen LogP contribution in [0.3, 0.4) is 0 Å². The first-order valence-electron chi connectivity index (χ1n) is 6.46. The van der Waals surface area contributed by atoms with E-state index < -0.39 is 6.10 Å². The summed E-state index contributed by atoms with van der Waals surface area (Å²) in [6, 6.07) is 7.47. The summed E-state index contributed by atoms with van der Waals surface area (Å²) in [5.41, 5.74) is 2.78. The highest BCUT2D eigenvalue weighted by molar-refractivity contribution is 5.30. The summed E-state index contributed by atoms with van der Waals surface area (Å²) < 4.78 is 10.9. The van der Waals surface area contributed by atoms with Gasteiger partial charge in [-0.25, -0.2) is 0 Å². The molecular formula is C15H19NO3. The zero-order valence-corrected chi connectivity index (χ0v) is 11.5. The molecule has 0 saturated carbocycles. The van der Waals surface area contributed by atoms with Crippen molar-refractivity contribution < 1.29 is 14.4 Å². The molecule has 0 bridgehead atoms. The fraction of sp³-hybridized carbons (Fsp3) is 0.400. The smallest absolute Gasteiger partial charge is 0.140 e. The van der Waals surface area contributed by atoms with Crippen molar-refractivity contribution >= 4 is 0 Å². The van der Waals surface area contributed by atoms with E-state index in [2.05, 4.69) is 5.16 Å². The summed E-state index contributed by atoms with van der Waals surface area (Å²) in [7, 11) is 0. The molecule has 0 aliphatic carbocycles. The van der Waals surface area contributed by atoms with E-state index in [0.29, 0.717) is 6.61 Å². The number of hydrogen-bond donors (Lipinski definition) is 1. The molecule has 2 rings (SSSR count). The molecule has 4 nitrogen and oxygen atoms in total. The van der Waals surface area contributed by atoms with Gasteiger partial charge in [0.2, 0.25) is 0 Å². The molecule has 1 unspecified atom stereocenters. The van der Waals surface area contributed by atoms with E-state index in [1.165, 1.54) is 0 Å². The molecule has 102 valence electrons. The zero-order valence-electron chi connectivity index (χ0n) is 11.5. The lowest BCUT2D eigenvalue weighted by Gasteiger charge is -2.09. The molecule has 1 atom stereocenters. The lowest BCUT2D eigenvalue weighted by Crippen LogP contribution is -2.00. The minimum absolute atomic E-state index is 0.432. The second kappa shape index (κ2) is 5.89. The standard InChI is InChI=1S/C15H19NO3/c1-4-15-14(11(3)19-16-15)9-18-13-7-5-6-12(8-13)10(2)17/h5-8,10,17H,4,9H2,1-3H3. The third-order valence-electron chi connectivity index (χ3n) is 3.12. The summed E-state index contributed by atoms with van der Waals surface area (Å²) in [5, 5.41) is 13.5. The highest BCUT2D eigenvalue weighted by Crippen LogP contribution is 2.21. The van der Waals surface area contributed by atoms with E-state index in [9.17, 15) is 5.11 Å². The molecule has 0 radical (unpaired) electrons. The zero-order chi connectivity index (χ0) is 13.8. The largest absolute Gasteiger partial charge is 0.489 e. The Morgan fingerprint density at radius 2 is 2.21 bits per heavy atom. The van der Waals surface area contributed by atoms with Crippen molar-refractivity contribution in [2.45, 2.75) is 39.9 Å². The third kappa shape index (κ3) is 3.15. The Balaban J connectivity index is 2.10. The van der Waals surface area contributed by atoms with Crippen LogP contribution in [0.25, 0.3) is 0 Å². The van der Waals surface area contributed by atoms with Gasteiger partial charge in [0, 0.05) is 0 Å². The van der Waals surface area contributed by atoms with Crippen LogP contribution in [0.4, 0.5) is 0 Å². The minimum atomic E-state index is -0.493. The average molecular weight is 261 g/mol. The van der Waals surface area contributed by atoms with Gasteiger partial charge in [0.1, 0.15) is 18.1 Å². The monoisotopic (exact) mass is 261 g/mol. The van der Waals surface area contributed by atoms with Crippen LogP contribution < -0.4 is 4.74 Å². The Kier molecular flexibility index (Phi) is 4.22. The number of hydrogen-bond acceptors (Lipinski definition) is 4. The van der Waals surface area contributed by atoms with E-state index in [4.69, 9.17) is 9.26 Å². The predicted molar refractivity (Wildman–Crippen MR) is 72.0 cm³/mol. The van der Waals surface area contributed by atoms with Crippen LogP contribution >= 0.6 is 0 Å². The van der Waals surface area contributed by atoms with E-state index in [1.54, 1.807) is 6.92 Å². The first kappa shape index (κ1) is 13.6. The molecular weight excluding hydrogens is 242 g/mol. The Labute approximate surface area is 113 Å². The predicted octanol–water partition coefficient (Wildman–Crippen LogP) is 3.18. The quantitative estimate of drug-likeness (QED) is 0.898. The van der Waals surface area contributed by atoms with Crippen molar-refractivity contribution in [1.29, 1.82) is 0 Å². The van der Waals surface area contributed by atoms with Crippen LogP contribution in [0.1, 0.15) is 42.5 Å². The van der Waals surface area contributed by atoms with Crippen LogP contribution in [0, 0.1) is 6.92 Å².